The molecule has 0 saturated heterocycles. The molecule has 0 nitrogen and oxygen atoms in total. The van der Waals surface area contributed by atoms with Crippen LogP contribution in [-0.2, 0) is 32.7 Å². The van der Waals surface area contributed by atoms with Crippen LogP contribution in [-0.4, -0.2) is 0 Å². The topological polar surface area (TPSA) is 0 Å². The molecule has 1 heteroatoms. The van der Waals surface area contributed by atoms with E-state index < -0.39 is 0 Å². The predicted molar refractivity (Wildman–Crippen MR) is 54.0 cm³/mol. The Labute approximate surface area is 100 Å². The quantitative estimate of drug-likeness (QED) is 0.542. The molecule has 71 valence electrons. The second-order valence-electron chi connectivity index (χ2n) is 3.00. The van der Waals surface area contributed by atoms with E-state index in [1.165, 1.54) is 11.8 Å². The average molecular weight is 235 g/mol. The van der Waals surface area contributed by atoms with E-state index in [0.29, 0.717) is 0 Å². The summed E-state index contributed by atoms with van der Waals surface area (Å²) < 4.78 is 0. The zero-order chi connectivity index (χ0) is 7.15. The van der Waals surface area contributed by atoms with E-state index in [1.54, 1.807) is 0 Å². The number of rotatable bonds is 0. The Bertz CT molecular complexity index is 20.3. The third-order valence-electron chi connectivity index (χ3n) is 0. The van der Waals surface area contributed by atoms with Crippen molar-refractivity contribution in [3.8, 4) is 0 Å². The van der Waals surface area contributed by atoms with Crippen LogP contribution in [0.1, 0.15) is 56.4 Å². The van der Waals surface area contributed by atoms with Crippen LogP contribution in [0.2, 0.25) is 0 Å². The molecule has 0 fully saturated rings. The van der Waals surface area contributed by atoms with Gasteiger partial charge in [-0.15, -0.1) is 0 Å². The van der Waals surface area contributed by atoms with E-state index in [0.717, 1.165) is 0 Å². The first kappa shape index (κ1) is 29.6. The van der Waals surface area contributed by atoms with Crippen molar-refractivity contribution in [1.29, 1.82) is 0 Å². The Morgan fingerprint density at radius 1 is 0.545 bits per heavy atom. The summed E-state index contributed by atoms with van der Waals surface area (Å²) >= 11 is 0. The molecule has 0 aliphatic rings. The molecule has 0 heterocycles. The van der Waals surface area contributed by atoms with Crippen molar-refractivity contribution in [2.45, 2.75) is 56.4 Å². The molecule has 0 aliphatic heterocycles. The van der Waals surface area contributed by atoms with Crippen LogP contribution < -0.4 is 0 Å². The van der Waals surface area contributed by atoms with E-state index in [4.69, 9.17) is 0 Å². The van der Waals surface area contributed by atoms with E-state index in [1.807, 2.05) is 0 Å². The Hall–Kier alpha value is 1.10. The van der Waals surface area contributed by atoms with Gasteiger partial charge in [-0.3, -0.25) is 0 Å². The van der Waals surface area contributed by atoms with E-state index >= 15 is 0 Å². The van der Waals surface area contributed by atoms with Crippen molar-refractivity contribution in [3.63, 3.8) is 0 Å². The summed E-state index contributed by atoms with van der Waals surface area (Å²) in [5, 5.41) is 0. The molecule has 0 aromatic carbocycles. The van der Waals surface area contributed by atoms with Crippen molar-refractivity contribution < 1.29 is 32.7 Å². The van der Waals surface area contributed by atoms with Crippen molar-refractivity contribution in [2.24, 2.45) is 0 Å². The van der Waals surface area contributed by atoms with Gasteiger partial charge in [-0.2, -0.15) is 41.5 Å². The fourth-order valence-corrected chi connectivity index (χ4v) is 0. The molecular formula is C10H26Y-2. The first-order valence-corrected chi connectivity index (χ1v) is 3.00. The minimum Gasteiger partial charge on any atom is -0.323 e. The van der Waals surface area contributed by atoms with Crippen LogP contribution in [0.3, 0.4) is 0 Å². The minimum absolute atomic E-state index is 0. The standard InChI is InChI=1S/2C4H9.2CH4.Y/c2*1-4(2)3;;;/h2*1-3H3;2*1H4;/q2*-1;;;. The summed E-state index contributed by atoms with van der Waals surface area (Å²) in [5.74, 6) is 2.83. The Morgan fingerprint density at radius 3 is 0.545 bits per heavy atom. The second kappa shape index (κ2) is 22.5. The van der Waals surface area contributed by atoms with Crippen molar-refractivity contribution in [1.82, 2.24) is 0 Å². The fraction of sp³-hybridized carbons (Fsp3) is 0.800. The van der Waals surface area contributed by atoms with Gasteiger partial charge in [-0.05, 0) is 0 Å². The van der Waals surface area contributed by atoms with Gasteiger partial charge in [0.05, 0.1) is 0 Å². The third kappa shape index (κ3) is 755. The summed E-state index contributed by atoms with van der Waals surface area (Å²) in [6, 6.07) is 0. The first-order valence-electron chi connectivity index (χ1n) is 3.00. The second-order valence-corrected chi connectivity index (χ2v) is 3.00. The number of hydrogen-bond donors (Lipinski definition) is 0. The third-order valence-corrected chi connectivity index (χ3v) is 0. The zero-order valence-corrected chi connectivity index (χ0v) is 10.4. The predicted octanol–water partition coefficient (Wildman–Crippen LogP) is 4.51. The smallest absolute Gasteiger partial charge is 0 e. The Morgan fingerprint density at radius 2 is 0.545 bits per heavy atom. The Balaban J connectivity index is -0.0000000171. The molecule has 0 N–H and O–H groups in total. The van der Waals surface area contributed by atoms with Crippen LogP contribution in [0, 0.1) is 11.8 Å². The summed E-state index contributed by atoms with van der Waals surface area (Å²) in [6.45, 7) is 12.5. The van der Waals surface area contributed by atoms with E-state index in [2.05, 4.69) is 41.5 Å². The van der Waals surface area contributed by atoms with Gasteiger partial charge in [0.1, 0.15) is 0 Å². The van der Waals surface area contributed by atoms with Crippen LogP contribution in [0.25, 0.3) is 0 Å². The molecule has 0 rings (SSSR count). The van der Waals surface area contributed by atoms with Gasteiger partial charge in [0.2, 0.25) is 0 Å². The summed E-state index contributed by atoms with van der Waals surface area (Å²) in [5.41, 5.74) is 0. The maximum Gasteiger partial charge on any atom is 0 e. The monoisotopic (exact) mass is 235 g/mol. The largest absolute Gasteiger partial charge is 0.323 e. The normalized spacial score (nSPS) is 6.55. The Kier molecular flexibility index (Phi) is 60.4. The molecule has 0 amide bonds. The molecule has 0 bridgehead atoms. The SMILES string of the molecule is C.C.C[C-](C)C.C[C-](C)C.[Y]. The van der Waals surface area contributed by atoms with Crippen LogP contribution in [0.4, 0.5) is 0 Å². The molecule has 0 saturated carbocycles. The van der Waals surface area contributed by atoms with Crippen LogP contribution in [0.5, 0.6) is 0 Å². The van der Waals surface area contributed by atoms with Gasteiger partial charge in [0, 0.05) is 32.7 Å². The maximum atomic E-state index is 2.08. The van der Waals surface area contributed by atoms with Gasteiger partial charge < -0.3 is 11.8 Å². The number of hydrogen-bond acceptors (Lipinski definition) is 0. The van der Waals surface area contributed by atoms with Crippen molar-refractivity contribution >= 4 is 0 Å². The van der Waals surface area contributed by atoms with Gasteiger partial charge in [-0.25, -0.2) is 0 Å². The zero-order valence-electron chi connectivity index (χ0n) is 7.58. The fourth-order valence-electron chi connectivity index (χ4n) is 0. The first-order chi connectivity index (χ1) is 3.46. The van der Waals surface area contributed by atoms with Gasteiger partial charge in [0.25, 0.3) is 0 Å². The molecule has 0 unspecified atom stereocenters. The maximum absolute atomic E-state index is 2.08. The molecule has 1 radical (unpaired) electrons. The summed E-state index contributed by atoms with van der Waals surface area (Å²) in [7, 11) is 0. The van der Waals surface area contributed by atoms with Crippen LogP contribution in [0.15, 0.2) is 0 Å². The van der Waals surface area contributed by atoms with Crippen LogP contribution >= 0.6 is 0 Å². The molecular weight excluding hydrogens is 209 g/mol. The van der Waals surface area contributed by atoms with E-state index in [-0.39, 0.29) is 47.6 Å². The molecule has 0 aromatic heterocycles. The molecule has 0 atom stereocenters. The summed E-state index contributed by atoms with van der Waals surface area (Å²) in [6.07, 6.45) is 0. The van der Waals surface area contributed by atoms with Crippen molar-refractivity contribution in [3.05, 3.63) is 11.8 Å². The van der Waals surface area contributed by atoms with Crippen molar-refractivity contribution in [2.75, 3.05) is 0 Å². The summed E-state index contributed by atoms with van der Waals surface area (Å²) in [4.78, 5) is 0. The van der Waals surface area contributed by atoms with Gasteiger partial charge in [-0.1, -0.05) is 14.9 Å². The van der Waals surface area contributed by atoms with E-state index in [9.17, 15) is 0 Å². The molecule has 0 spiro atoms. The molecule has 0 aliphatic carbocycles. The molecule has 0 aromatic rings. The average Bonchev–Trinajstić information content (AvgIpc) is 1.25. The van der Waals surface area contributed by atoms with Gasteiger partial charge >= 0.3 is 0 Å². The minimum atomic E-state index is 0. The van der Waals surface area contributed by atoms with Gasteiger partial charge in [0.15, 0.2) is 0 Å². The molecule has 11 heavy (non-hydrogen) atoms.